The average Bonchev–Trinajstić information content (AvgIpc) is 3.77. The third kappa shape index (κ3) is 4.49. The van der Waals surface area contributed by atoms with Gasteiger partial charge in [0.15, 0.2) is 0 Å². The number of rotatable bonds is 5. The van der Waals surface area contributed by atoms with E-state index in [9.17, 15) is 5.26 Å². The molecule has 6 heterocycles. The topological polar surface area (TPSA) is 80.3 Å². The Balaban J connectivity index is 1.52. The number of para-hydroxylation sites is 1. The Kier molecular flexibility index (Phi) is 6.95. The highest BCUT2D eigenvalue weighted by molar-refractivity contribution is 7.26. The minimum Gasteiger partial charge on any atom is -0.308 e. The van der Waals surface area contributed by atoms with E-state index in [-0.39, 0.29) is 0 Å². The van der Waals surface area contributed by atoms with E-state index in [2.05, 4.69) is 91.2 Å². The lowest BCUT2D eigenvalue weighted by molar-refractivity contribution is 1.18. The van der Waals surface area contributed by atoms with Gasteiger partial charge in [0.2, 0.25) is 0 Å². The van der Waals surface area contributed by atoms with Crippen molar-refractivity contribution in [3.05, 3.63) is 164 Å². The zero-order valence-corrected chi connectivity index (χ0v) is 28.4. The van der Waals surface area contributed by atoms with Gasteiger partial charge in [0.05, 0.1) is 22.3 Å². The van der Waals surface area contributed by atoms with Crippen LogP contribution in [0.4, 0.5) is 0 Å². The third-order valence-electron chi connectivity index (χ3n) is 9.87. The Hall–Kier alpha value is -7.01. The second-order valence-corrected chi connectivity index (χ2v) is 13.6. The van der Waals surface area contributed by atoms with Crippen molar-refractivity contribution in [2.24, 2.45) is 0 Å². The van der Waals surface area contributed by atoms with Gasteiger partial charge in [-0.15, -0.1) is 11.3 Å². The number of hydrogen-bond donors (Lipinski definition) is 0. The number of benzene rings is 4. The molecule has 0 aliphatic rings. The summed E-state index contributed by atoms with van der Waals surface area (Å²) in [5.41, 5.74) is 10.8. The molecule has 6 aromatic heterocycles. The number of nitrogens with zero attached hydrogens (tertiary/aromatic N) is 6. The molecular weight excluding hydrogens is 657 g/mol. The first kappa shape index (κ1) is 29.9. The van der Waals surface area contributed by atoms with Crippen LogP contribution in [0.3, 0.4) is 0 Å². The van der Waals surface area contributed by atoms with Gasteiger partial charge in [0, 0.05) is 103 Å². The summed E-state index contributed by atoms with van der Waals surface area (Å²) in [4.78, 5) is 17.6. The molecule has 0 atom stereocenters. The van der Waals surface area contributed by atoms with Crippen LogP contribution in [-0.2, 0) is 0 Å². The van der Waals surface area contributed by atoms with Crippen LogP contribution in [0.25, 0.3) is 92.2 Å². The van der Waals surface area contributed by atoms with E-state index in [0.717, 1.165) is 66.6 Å². The Morgan fingerprint density at radius 1 is 0.462 bits per heavy atom. The lowest BCUT2D eigenvalue weighted by atomic mass is 9.80. The molecule has 0 aliphatic heterocycles. The Morgan fingerprint density at radius 2 is 0.942 bits per heavy atom. The Bertz CT molecular complexity index is 2900. The quantitative estimate of drug-likeness (QED) is 0.180. The average molecular weight is 683 g/mol. The fraction of sp³-hybridized carbons (Fsp3) is 0. The minimum absolute atomic E-state index is 0.562. The molecule has 0 aliphatic carbocycles. The fourth-order valence-electron chi connectivity index (χ4n) is 7.76. The monoisotopic (exact) mass is 682 g/mol. The van der Waals surface area contributed by atoms with Gasteiger partial charge in [-0.25, -0.2) is 0 Å². The molecule has 0 fully saturated rings. The molecule has 0 spiro atoms. The van der Waals surface area contributed by atoms with Crippen LogP contribution in [-0.4, -0.2) is 24.5 Å². The summed E-state index contributed by atoms with van der Waals surface area (Å²) in [5, 5.41) is 16.2. The van der Waals surface area contributed by atoms with Crippen molar-refractivity contribution in [3.63, 3.8) is 0 Å². The van der Waals surface area contributed by atoms with Gasteiger partial charge in [0.1, 0.15) is 6.07 Å². The molecule has 0 amide bonds. The van der Waals surface area contributed by atoms with Crippen molar-refractivity contribution in [2.75, 3.05) is 0 Å². The highest BCUT2D eigenvalue weighted by Gasteiger charge is 2.30. The lowest BCUT2D eigenvalue weighted by Crippen LogP contribution is -2.07. The van der Waals surface area contributed by atoms with Crippen molar-refractivity contribution in [2.45, 2.75) is 0 Å². The maximum absolute atomic E-state index is 11.3. The van der Waals surface area contributed by atoms with Crippen molar-refractivity contribution >= 4 is 53.3 Å². The van der Waals surface area contributed by atoms with Crippen LogP contribution in [0.15, 0.2) is 159 Å². The molecule has 4 aromatic carbocycles. The maximum Gasteiger partial charge on any atom is 0.100 e. The van der Waals surface area contributed by atoms with Crippen molar-refractivity contribution in [1.29, 1.82) is 5.26 Å². The van der Waals surface area contributed by atoms with E-state index in [4.69, 9.17) is 0 Å². The molecule has 6 nitrogen and oxygen atoms in total. The standard InChI is InChI=1S/C45H26N6S/c46-27-35-39(28-11-19-47-20-12-28)41(30-15-23-49-24-16-30)44(42(31-17-25-50-26-18-31)40(35)29-13-21-48-22-14-29)51-36-7-3-1-6-34(36)43-37(51)10-9-33-32-5-2-4-8-38(32)52-45(33)43/h1-26H. The largest absolute Gasteiger partial charge is 0.308 e. The van der Waals surface area contributed by atoms with Gasteiger partial charge in [0.25, 0.3) is 0 Å². The molecule has 10 rings (SSSR count). The zero-order chi connectivity index (χ0) is 34.6. The van der Waals surface area contributed by atoms with Crippen LogP contribution >= 0.6 is 11.3 Å². The number of hydrogen-bond acceptors (Lipinski definition) is 6. The minimum atomic E-state index is 0.562. The second-order valence-electron chi connectivity index (χ2n) is 12.6. The summed E-state index contributed by atoms with van der Waals surface area (Å²) >= 11 is 1.83. The van der Waals surface area contributed by atoms with Gasteiger partial charge in [-0.3, -0.25) is 19.9 Å². The molecular formula is C45H26N6S. The summed E-state index contributed by atoms with van der Waals surface area (Å²) in [7, 11) is 0. The van der Waals surface area contributed by atoms with Gasteiger partial charge in [-0.05, 0) is 89.0 Å². The summed E-state index contributed by atoms with van der Waals surface area (Å²) < 4.78 is 4.92. The van der Waals surface area contributed by atoms with Gasteiger partial charge >= 0.3 is 0 Å². The first-order valence-electron chi connectivity index (χ1n) is 16.9. The highest BCUT2D eigenvalue weighted by atomic mass is 32.1. The first-order chi connectivity index (χ1) is 25.8. The Labute approximate surface area is 302 Å². The van der Waals surface area contributed by atoms with E-state index in [1.54, 1.807) is 24.8 Å². The number of nitriles is 1. The molecule has 7 heteroatoms. The fourth-order valence-corrected chi connectivity index (χ4v) is 9.02. The number of fused-ring (bicyclic) bond motifs is 7. The summed E-state index contributed by atoms with van der Waals surface area (Å²) in [5.74, 6) is 0. The molecule has 0 saturated carbocycles. The first-order valence-corrected chi connectivity index (χ1v) is 17.7. The number of thiophene rings is 1. The molecule has 0 N–H and O–H groups in total. The van der Waals surface area contributed by atoms with Crippen molar-refractivity contribution < 1.29 is 0 Å². The maximum atomic E-state index is 11.3. The number of pyridine rings is 4. The summed E-state index contributed by atoms with van der Waals surface area (Å²) in [6.45, 7) is 0. The highest BCUT2D eigenvalue weighted by Crippen LogP contribution is 2.53. The van der Waals surface area contributed by atoms with Crippen molar-refractivity contribution in [1.82, 2.24) is 24.5 Å². The van der Waals surface area contributed by atoms with Crippen LogP contribution in [0.5, 0.6) is 0 Å². The molecule has 0 radical (unpaired) electrons. The van der Waals surface area contributed by atoms with E-state index in [1.807, 2.05) is 84.7 Å². The van der Waals surface area contributed by atoms with E-state index < -0.39 is 0 Å². The molecule has 10 aromatic rings. The predicted octanol–water partition coefficient (Wildman–Crippen LogP) is 11.3. The lowest BCUT2D eigenvalue weighted by Gasteiger charge is -2.27. The van der Waals surface area contributed by atoms with E-state index in [1.165, 1.54) is 25.6 Å². The zero-order valence-electron chi connectivity index (χ0n) is 27.6. The van der Waals surface area contributed by atoms with Gasteiger partial charge in [-0.2, -0.15) is 5.26 Å². The van der Waals surface area contributed by atoms with Crippen LogP contribution < -0.4 is 0 Å². The van der Waals surface area contributed by atoms with Crippen LogP contribution in [0, 0.1) is 11.3 Å². The van der Waals surface area contributed by atoms with Crippen LogP contribution in [0.2, 0.25) is 0 Å². The molecule has 52 heavy (non-hydrogen) atoms. The molecule has 0 saturated heterocycles. The Morgan fingerprint density at radius 3 is 1.48 bits per heavy atom. The summed E-state index contributed by atoms with van der Waals surface area (Å²) in [6.07, 6.45) is 14.4. The van der Waals surface area contributed by atoms with E-state index >= 15 is 0 Å². The van der Waals surface area contributed by atoms with E-state index in [0.29, 0.717) is 5.56 Å². The smallest absolute Gasteiger partial charge is 0.100 e. The van der Waals surface area contributed by atoms with Crippen LogP contribution in [0.1, 0.15) is 5.56 Å². The second kappa shape index (κ2) is 12.1. The van der Waals surface area contributed by atoms with Gasteiger partial charge in [-0.1, -0.05) is 42.5 Å². The summed E-state index contributed by atoms with van der Waals surface area (Å²) in [6, 6.07) is 40.6. The van der Waals surface area contributed by atoms with Gasteiger partial charge < -0.3 is 4.57 Å². The predicted molar refractivity (Wildman–Crippen MR) is 211 cm³/mol. The molecule has 242 valence electrons. The van der Waals surface area contributed by atoms with Crippen molar-refractivity contribution in [3.8, 4) is 56.3 Å². The SMILES string of the molecule is N#Cc1c(-c2ccncc2)c(-c2ccncc2)c(-n2c3ccccc3c3c4sc5ccccc5c4ccc32)c(-c2ccncc2)c1-c1ccncc1. The molecule has 0 unspecified atom stereocenters. The normalized spacial score (nSPS) is 11.4. The third-order valence-corrected chi connectivity index (χ3v) is 11.1. The number of aromatic nitrogens is 5. The molecule has 0 bridgehead atoms.